The Morgan fingerprint density at radius 3 is 2.67 bits per heavy atom. The van der Waals surface area contributed by atoms with E-state index in [0.717, 1.165) is 29.3 Å². The second-order valence-corrected chi connectivity index (χ2v) is 13.5. The topological polar surface area (TPSA) is 180 Å². The van der Waals surface area contributed by atoms with Crippen LogP contribution in [0.5, 0.6) is 5.75 Å². The molecule has 1 saturated heterocycles. The van der Waals surface area contributed by atoms with Crippen molar-refractivity contribution in [2.75, 3.05) is 19.7 Å². The number of aromatic nitrogens is 2. The van der Waals surface area contributed by atoms with Gasteiger partial charge in [-0.15, -0.1) is 0 Å². The van der Waals surface area contributed by atoms with Crippen LogP contribution in [0, 0.1) is 0 Å². The van der Waals surface area contributed by atoms with Crippen LogP contribution < -0.4 is 20.9 Å². The van der Waals surface area contributed by atoms with E-state index in [1.165, 1.54) is 19.1 Å². The van der Waals surface area contributed by atoms with Crippen molar-refractivity contribution >= 4 is 25.5 Å². The Kier molecular flexibility index (Phi) is 10.5. The average molecular weight is 690 g/mol. The molecule has 0 unspecified atom stereocenters. The highest BCUT2D eigenvalue weighted by molar-refractivity contribution is 7.52. The van der Waals surface area contributed by atoms with Gasteiger partial charge in [0.05, 0.1) is 12.7 Å². The van der Waals surface area contributed by atoms with Crippen molar-refractivity contribution in [2.24, 2.45) is 4.99 Å². The second-order valence-electron chi connectivity index (χ2n) is 11.8. The smallest absolute Gasteiger partial charge is 0.459 e. The molecule has 0 amide bonds. The number of amidine groups is 1. The van der Waals surface area contributed by atoms with E-state index >= 15 is 4.39 Å². The number of ether oxygens (including phenoxy) is 3. The van der Waals surface area contributed by atoms with E-state index in [9.17, 15) is 23.7 Å². The number of hydrogen-bond acceptors (Lipinski definition) is 12. The van der Waals surface area contributed by atoms with Crippen molar-refractivity contribution in [1.29, 1.82) is 0 Å². The molecule has 4 heterocycles. The lowest BCUT2D eigenvalue weighted by atomic mass is 9.98. The fourth-order valence-corrected chi connectivity index (χ4v) is 6.86. The van der Waals surface area contributed by atoms with Gasteiger partial charge in [-0.05, 0) is 57.9 Å². The van der Waals surface area contributed by atoms with Gasteiger partial charge in [0.1, 0.15) is 30.3 Å². The van der Waals surface area contributed by atoms with Gasteiger partial charge in [-0.25, -0.2) is 13.8 Å². The third-order valence-electron chi connectivity index (χ3n) is 7.54. The van der Waals surface area contributed by atoms with Crippen LogP contribution >= 0.6 is 7.75 Å². The van der Waals surface area contributed by atoms with Crippen LogP contribution in [0.15, 0.2) is 81.1 Å². The second kappa shape index (κ2) is 14.4. The summed E-state index contributed by atoms with van der Waals surface area (Å²) in [4.78, 5) is 58.3. The van der Waals surface area contributed by atoms with Gasteiger partial charge < -0.3 is 23.6 Å². The predicted octanol–water partition coefficient (Wildman–Crippen LogP) is 2.77. The molecule has 3 aliphatic rings. The van der Waals surface area contributed by atoms with Crippen molar-refractivity contribution < 1.29 is 41.8 Å². The Morgan fingerprint density at radius 1 is 1.21 bits per heavy atom. The minimum Gasteiger partial charge on any atom is -0.462 e. The molecule has 0 bridgehead atoms. The molecule has 1 aromatic carbocycles. The summed E-state index contributed by atoms with van der Waals surface area (Å²) < 4.78 is 59.9. The van der Waals surface area contributed by atoms with E-state index in [2.05, 4.69) is 10.1 Å². The number of halogens is 1. The summed E-state index contributed by atoms with van der Waals surface area (Å²) in [5.74, 6) is -0.856. The first-order valence-corrected chi connectivity index (χ1v) is 16.8. The number of esters is 2. The number of carbonyl (C=O) groups excluding carboxylic acids is 2. The number of aromatic amines is 1. The fourth-order valence-electron chi connectivity index (χ4n) is 5.36. The molecule has 2 aromatic rings. The van der Waals surface area contributed by atoms with Crippen LogP contribution in [-0.2, 0) is 32.9 Å². The zero-order valence-corrected chi connectivity index (χ0v) is 27.6. The molecule has 0 saturated carbocycles. The lowest BCUT2D eigenvalue weighted by Crippen LogP contribution is -2.47. The maximum Gasteiger partial charge on any atom is 0.459 e. The minimum atomic E-state index is -4.45. The van der Waals surface area contributed by atoms with Gasteiger partial charge in [-0.2, -0.15) is 5.09 Å². The first-order valence-electron chi connectivity index (χ1n) is 15.3. The quantitative estimate of drug-likeness (QED) is 0.232. The summed E-state index contributed by atoms with van der Waals surface area (Å²) in [5, 5.41) is 2.53. The zero-order chi connectivity index (χ0) is 34.6. The molecule has 0 spiro atoms. The van der Waals surface area contributed by atoms with E-state index in [-0.39, 0.29) is 12.3 Å². The number of rotatable bonds is 13. The molecule has 5 rings (SSSR count). The highest BCUT2D eigenvalue weighted by atomic mass is 31.2. The largest absolute Gasteiger partial charge is 0.462 e. The third kappa shape index (κ3) is 8.01. The van der Waals surface area contributed by atoms with Crippen molar-refractivity contribution in [3.05, 3.63) is 87.4 Å². The van der Waals surface area contributed by atoms with Gasteiger partial charge in [-0.3, -0.25) is 33.5 Å². The Hall–Kier alpha value is -4.37. The molecule has 48 heavy (non-hydrogen) atoms. The average Bonchev–Trinajstić information content (AvgIpc) is 3.59. The van der Waals surface area contributed by atoms with Crippen molar-refractivity contribution in [3.63, 3.8) is 0 Å². The molecule has 6 atom stereocenters. The number of benzene rings is 1. The van der Waals surface area contributed by atoms with Crippen LogP contribution in [0.25, 0.3) is 0 Å². The summed E-state index contributed by atoms with van der Waals surface area (Å²) in [5.41, 5.74) is -3.32. The van der Waals surface area contributed by atoms with Crippen molar-refractivity contribution in [1.82, 2.24) is 19.5 Å². The number of carbonyl (C=O) groups is 2. The van der Waals surface area contributed by atoms with E-state index in [1.807, 2.05) is 11.1 Å². The molecule has 0 radical (unpaired) electrons. The van der Waals surface area contributed by atoms with E-state index < -0.39 is 73.8 Å². The van der Waals surface area contributed by atoms with Crippen LogP contribution in [0.4, 0.5) is 4.39 Å². The van der Waals surface area contributed by atoms with Gasteiger partial charge in [-0.1, -0.05) is 24.3 Å². The van der Waals surface area contributed by atoms with E-state index in [4.69, 9.17) is 23.3 Å². The van der Waals surface area contributed by atoms with Gasteiger partial charge >= 0.3 is 25.4 Å². The Bertz CT molecular complexity index is 1770. The van der Waals surface area contributed by atoms with Crippen LogP contribution in [-0.4, -0.2) is 81.9 Å². The summed E-state index contributed by atoms with van der Waals surface area (Å²) in [6.07, 6.45) is 1.72. The number of hydrogen-bond donors (Lipinski definition) is 2. The molecule has 1 aromatic heterocycles. The maximum atomic E-state index is 16.8. The van der Waals surface area contributed by atoms with Gasteiger partial charge in [0.15, 0.2) is 18.0 Å². The number of aliphatic imine (C=N–C) groups is 1. The number of alkyl halides is 1. The SMILES string of the molecule is CC(C)OC(=O)[C@H](C)N[P@](=O)(OC[C@H]1O[C@@H](n2ccc(=O)[nH]c2=O)[C@](C)(F)[C@@H]1OC(=O)CN1C=CC=C2CCN=C21)Oc1ccccc1. The van der Waals surface area contributed by atoms with E-state index in [1.54, 1.807) is 49.2 Å². The van der Waals surface area contributed by atoms with Crippen LogP contribution in [0.2, 0.25) is 0 Å². The maximum absolute atomic E-state index is 16.8. The Labute approximate surface area is 275 Å². The van der Waals surface area contributed by atoms with E-state index in [0.29, 0.717) is 18.8 Å². The molecule has 1 fully saturated rings. The van der Waals surface area contributed by atoms with Crippen LogP contribution in [0.3, 0.4) is 0 Å². The van der Waals surface area contributed by atoms with Crippen molar-refractivity contribution in [3.8, 4) is 5.75 Å². The summed E-state index contributed by atoms with van der Waals surface area (Å²) in [6.45, 7) is 5.31. The molecule has 17 heteroatoms. The van der Waals surface area contributed by atoms with Crippen LogP contribution in [0.1, 0.15) is 40.3 Å². The van der Waals surface area contributed by atoms with Gasteiger partial charge in [0, 0.05) is 25.0 Å². The summed E-state index contributed by atoms with van der Waals surface area (Å²) in [6, 6.07) is 7.80. The van der Waals surface area contributed by atoms with Crippen molar-refractivity contribution in [2.45, 2.75) is 70.4 Å². The fraction of sp³-hybridized carbons (Fsp3) is 0.452. The molecule has 0 aliphatic carbocycles. The number of nitrogens with zero attached hydrogens (tertiary/aromatic N) is 3. The third-order valence-corrected chi connectivity index (χ3v) is 9.19. The molecule has 258 valence electrons. The summed E-state index contributed by atoms with van der Waals surface area (Å²) >= 11 is 0. The molecule has 2 N–H and O–H groups in total. The number of nitrogens with one attached hydrogen (secondary N) is 2. The highest BCUT2D eigenvalue weighted by Crippen LogP contribution is 2.48. The standard InChI is InChI=1S/C31H37FN5O10P/c1-19(2)44-28(40)20(3)35-48(42,47-22-10-6-5-7-11-22)43-18-23-26(31(4,32)29(45-23)37-16-13-24(38)34-30(37)41)46-25(39)17-36-15-8-9-21-12-14-33-27(21)36/h5-11,13,15-16,19-20,23,26,29H,12,14,17-18H2,1-4H3,(H,35,42)(H,34,38,41)/t20-,23+,26+,29+,31+,48-/m0/s1. The lowest BCUT2D eigenvalue weighted by molar-refractivity contribution is -0.158. The summed E-state index contributed by atoms with van der Waals surface area (Å²) in [7, 11) is -4.45. The molecular weight excluding hydrogens is 652 g/mol. The monoisotopic (exact) mass is 689 g/mol. The number of allylic oxidation sites excluding steroid dienone is 2. The first kappa shape index (κ1) is 35.0. The number of para-hydroxylation sites is 1. The normalized spacial score (nSPS) is 25.1. The predicted molar refractivity (Wildman–Crippen MR) is 170 cm³/mol. The lowest BCUT2D eigenvalue weighted by Gasteiger charge is -2.29. The Morgan fingerprint density at radius 2 is 1.96 bits per heavy atom. The molecule has 15 nitrogen and oxygen atoms in total. The number of H-pyrrole nitrogens is 1. The molecular formula is C31H37FN5O10P. The van der Waals surface area contributed by atoms with Gasteiger partial charge in [0.2, 0.25) is 0 Å². The zero-order valence-electron chi connectivity index (χ0n) is 26.7. The molecule has 3 aliphatic heterocycles. The highest BCUT2D eigenvalue weighted by Gasteiger charge is 2.59. The Balaban J connectivity index is 1.40. The minimum absolute atomic E-state index is 0.124. The van der Waals surface area contributed by atoms with Gasteiger partial charge in [0.25, 0.3) is 5.56 Å². The number of fused-ring (bicyclic) bond motifs is 1. The first-order chi connectivity index (χ1) is 22.8.